The Morgan fingerprint density at radius 3 is 2.82 bits per heavy atom. The van der Waals surface area contributed by atoms with E-state index in [0.717, 1.165) is 15.0 Å². The summed E-state index contributed by atoms with van der Waals surface area (Å²) in [5.74, 6) is 6.81. The van der Waals surface area contributed by atoms with Crippen LogP contribution in [0.4, 0.5) is 5.95 Å². The van der Waals surface area contributed by atoms with Gasteiger partial charge in [-0.1, -0.05) is 6.07 Å². The van der Waals surface area contributed by atoms with Crippen molar-refractivity contribution in [3.05, 3.63) is 39.6 Å². The Morgan fingerprint density at radius 2 is 2.12 bits per heavy atom. The number of hydrogen-bond donors (Lipinski definition) is 2. The van der Waals surface area contributed by atoms with Crippen molar-refractivity contribution in [3.8, 4) is 11.6 Å². The molecular formula is C11H11IN4O. The molecule has 0 bridgehead atoms. The second-order valence-electron chi connectivity index (χ2n) is 3.37. The minimum atomic E-state index is 0.339. The molecular weight excluding hydrogens is 331 g/mol. The molecule has 1 aromatic heterocycles. The summed E-state index contributed by atoms with van der Waals surface area (Å²) in [6, 6.07) is 9.46. The zero-order valence-electron chi connectivity index (χ0n) is 9.14. The van der Waals surface area contributed by atoms with E-state index >= 15 is 0 Å². The average Bonchev–Trinajstić information content (AvgIpc) is 2.28. The van der Waals surface area contributed by atoms with Crippen molar-refractivity contribution >= 4 is 28.5 Å². The number of ether oxygens (including phenoxy) is 1. The van der Waals surface area contributed by atoms with E-state index in [2.05, 4.69) is 38.0 Å². The lowest BCUT2D eigenvalue weighted by atomic mass is 10.3. The van der Waals surface area contributed by atoms with E-state index in [0.29, 0.717) is 11.8 Å². The van der Waals surface area contributed by atoms with Crippen molar-refractivity contribution in [2.24, 2.45) is 5.84 Å². The Balaban J connectivity index is 2.26. The molecule has 0 aliphatic rings. The summed E-state index contributed by atoms with van der Waals surface area (Å²) >= 11 is 2.22. The second kappa shape index (κ2) is 5.28. The third kappa shape index (κ3) is 3.27. The van der Waals surface area contributed by atoms with Gasteiger partial charge in [0, 0.05) is 15.3 Å². The van der Waals surface area contributed by atoms with Gasteiger partial charge in [-0.2, -0.15) is 4.98 Å². The Kier molecular flexibility index (Phi) is 3.75. The van der Waals surface area contributed by atoms with Crippen LogP contribution in [0, 0.1) is 10.5 Å². The van der Waals surface area contributed by atoms with Crippen LogP contribution < -0.4 is 16.0 Å². The first-order chi connectivity index (χ1) is 8.17. The van der Waals surface area contributed by atoms with Crippen LogP contribution in [0.3, 0.4) is 0 Å². The molecule has 2 rings (SSSR count). The Morgan fingerprint density at radius 1 is 1.29 bits per heavy atom. The summed E-state index contributed by atoms with van der Waals surface area (Å²) in [6.07, 6.45) is 0. The molecule has 5 nitrogen and oxygen atoms in total. The van der Waals surface area contributed by atoms with Gasteiger partial charge in [-0.3, -0.25) is 5.43 Å². The Bertz CT molecular complexity index is 533. The number of anilines is 1. The molecule has 17 heavy (non-hydrogen) atoms. The fourth-order valence-corrected chi connectivity index (χ4v) is 1.82. The highest BCUT2D eigenvalue weighted by Gasteiger charge is 2.03. The number of nitrogens with two attached hydrogens (primary N) is 1. The second-order valence-corrected chi connectivity index (χ2v) is 4.62. The molecule has 0 aliphatic carbocycles. The molecule has 6 heteroatoms. The van der Waals surface area contributed by atoms with Crippen LogP contribution in [0.25, 0.3) is 0 Å². The number of nitrogen functional groups attached to an aromatic ring is 1. The lowest BCUT2D eigenvalue weighted by Gasteiger charge is -2.07. The number of benzene rings is 1. The molecule has 0 aliphatic heterocycles. The number of hydrogen-bond acceptors (Lipinski definition) is 5. The quantitative estimate of drug-likeness (QED) is 0.509. The summed E-state index contributed by atoms with van der Waals surface area (Å²) in [5.41, 5.74) is 3.19. The summed E-state index contributed by atoms with van der Waals surface area (Å²) in [6.45, 7) is 1.85. The SMILES string of the molecule is Cc1cc(Oc2cccc(I)c2)nc(NN)n1. The number of rotatable bonds is 3. The summed E-state index contributed by atoms with van der Waals surface area (Å²) in [7, 11) is 0. The first-order valence-corrected chi connectivity index (χ1v) is 6.01. The van der Waals surface area contributed by atoms with Crippen LogP contribution in [-0.2, 0) is 0 Å². The zero-order chi connectivity index (χ0) is 12.3. The Labute approximate surface area is 113 Å². The predicted molar refractivity (Wildman–Crippen MR) is 73.8 cm³/mol. The highest BCUT2D eigenvalue weighted by Crippen LogP contribution is 2.22. The molecule has 0 unspecified atom stereocenters. The maximum absolute atomic E-state index is 5.63. The first-order valence-electron chi connectivity index (χ1n) is 4.93. The molecule has 0 saturated heterocycles. The monoisotopic (exact) mass is 342 g/mol. The van der Waals surface area contributed by atoms with E-state index in [9.17, 15) is 0 Å². The van der Waals surface area contributed by atoms with E-state index in [1.165, 1.54) is 0 Å². The molecule has 2 aromatic rings. The number of nitrogens with one attached hydrogen (secondary N) is 1. The van der Waals surface area contributed by atoms with Gasteiger partial charge >= 0.3 is 0 Å². The molecule has 0 saturated carbocycles. The number of halogens is 1. The van der Waals surface area contributed by atoms with Gasteiger partial charge in [-0.05, 0) is 47.7 Å². The largest absolute Gasteiger partial charge is 0.439 e. The maximum Gasteiger partial charge on any atom is 0.240 e. The Hall–Kier alpha value is -1.41. The van der Waals surface area contributed by atoms with Crippen molar-refractivity contribution in [1.29, 1.82) is 0 Å². The standard InChI is InChI=1S/C11H11IN4O/c1-7-5-10(15-11(14-7)16-13)17-9-4-2-3-8(12)6-9/h2-6H,13H2,1H3,(H,14,15,16). The van der Waals surface area contributed by atoms with Crippen LogP contribution in [0.5, 0.6) is 11.6 Å². The molecule has 0 atom stereocenters. The van der Waals surface area contributed by atoms with Crippen LogP contribution in [0.1, 0.15) is 5.69 Å². The van der Waals surface area contributed by atoms with Crippen LogP contribution in [0.2, 0.25) is 0 Å². The smallest absolute Gasteiger partial charge is 0.240 e. The van der Waals surface area contributed by atoms with Crippen molar-refractivity contribution in [1.82, 2.24) is 9.97 Å². The fourth-order valence-electron chi connectivity index (χ4n) is 1.31. The van der Waals surface area contributed by atoms with Gasteiger partial charge in [0.1, 0.15) is 5.75 Å². The molecule has 0 fully saturated rings. The summed E-state index contributed by atoms with van der Waals surface area (Å²) in [4.78, 5) is 8.19. The number of aryl methyl sites for hydroxylation is 1. The molecule has 0 amide bonds. The van der Waals surface area contributed by atoms with Crippen LogP contribution in [0.15, 0.2) is 30.3 Å². The van der Waals surface area contributed by atoms with Gasteiger partial charge in [0.15, 0.2) is 0 Å². The molecule has 88 valence electrons. The highest BCUT2D eigenvalue weighted by atomic mass is 127. The zero-order valence-corrected chi connectivity index (χ0v) is 11.3. The minimum absolute atomic E-state index is 0.339. The van der Waals surface area contributed by atoms with E-state index in [1.54, 1.807) is 6.07 Å². The van der Waals surface area contributed by atoms with Gasteiger partial charge in [0.2, 0.25) is 11.8 Å². The van der Waals surface area contributed by atoms with Gasteiger partial charge in [-0.25, -0.2) is 10.8 Å². The topological polar surface area (TPSA) is 73.1 Å². The molecule has 1 aromatic carbocycles. The van der Waals surface area contributed by atoms with Gasteiger partial charge in [0.25, 0.3) is 0 Å². The van der Waals surface area contributed by atoms with Crippen molar-refractivity contribution in [3.63, 3.8) is 0 Å². The van der Waals surface area contributed by atoms with E-state index in [1.807, 2.05) is 31.2 Å². The predicted octanol–water partition coefficient (Wildman–Crippen LogP) is 2.47. The number of hydrazine groups is 1. The molecule has 0 radical (unpaired) electrons. The third-order valence-electron chi connectivity index (χ3n) is 1.98. The number of nitrogens with zero attached hydrogens (tertiary/aromatic N) is 2. The minimum Gasteiger partial charge on any atom is -0.439 e. The van der Waals surface area contributed by atoms with Crippen molar-refractivity contribution in [2.45, 2.75) is 6.92 Å². The molecule has 3 N–H and O–H groups in total. The van der Waals surface area contributed by atoms with Gasteiger partial charge < -0.3 is 4.74 Å². The first kappa shape index (κ1) is 12.1. The molecule has 0 spiro atoms. The maximum atomic E-state index is 5.63. The van der Waals surface area contributed by atoms with E-state index in [4.69, 9.17) is 10.6 Å². The van der Waals surface area contributed by atoms with Crippen LogP contribution >= 0.6 is 22.6 Å². The van der Waals surface area contributed by atoms with Crippen LogP contribution in [-0.4, -0.2) is 9.97 Å². The normalized spacial score (nSPS) is 10.1. The third-order valence-corrected chi connectivity index (χ3v) is 2.65. The highest BCUT2D eigenvalue weighted by molar-refractivity contribution is 14.1. The van der Waals surface area contributed by atoms with E-state index in [-0.39, 0.29) is 0 Å². The van der Waals surface area contributed by atoms with Crippen molar-refractivity contribution in [2.75, 3.05) is 5.43 Å². The average molecular weight is 342 g/mol. The summed E-state index contributed by atoms with van der Waals surface area (Å²) in [5, 5.41) is 0. The number of aromatic nitrogens is 2. The van der Waals surface area contributed by atoms with E-state index < -0.39 is 0 Å². The van der Waals surface area contributed by atoms with Crippen molar-refractivity contribution < 1.29 is 4.74 Å². The van der Waals surface area contributed by atoms with Gasteiger partial charge in [0.05, 0.1) is 0 Å². The summed E-state index contributed by atoms with van der Waals surface area (Å²) < 4.78 is 6.73. The lowest BCUT2D eigenvalue weighted by Crippen LogP contribution is -2.11. The molecule has 1 heterocycles. The lowest BCUT2D eigenvalue weighted by molar-refractivity contribution is 0.461. The fraction of sp³-hybridized carbons (Fsp3) is 0.0909. The van der Waals surface area contributed by atoms with Gasteiger partial charge in [-0.15, -0.1) is 0 Å².